The number of hydrogen-bond donors (Lipinski definition) is 0. The number of benzene rings is 2. The molecule has 33 heavy (non-hydrogen) atoms. The van der Waals surface area contributed by atoms with Crippen molar-refractivity contribution >= 4 is 28.0 Å². The van der Waals surface area contributed by atoms with E-state index in [0.717, 1.165) is 30.0 Å². The second-order valence-electron chi connectivity index (χ2n) is 10.6. The second kappa shape index (κ2) is 10.7. The van der Waals surface area contributed by atoms with Crippen molar-refractivity contribution in [2.24, 2.45) is 0 Å². The molecule has 0 saturated heterocycles. The van der Waals surface area contributed by atoms with Gasteiger partial charge in [0.15, 0.2) is 0 Å². The summed E-state index contributed by atoms with van der Waals surface area (Å²) in [4.78, 5) is 0. The number of hydrogen-bond acceptors (Lipinski definition) is 0. The fraction of sp³-hybridized carbons (Fsp3) is 0.467. The van der Waals surface area contributed by atoms with Crippen molar-refractivity contribution in [1.82, 2.24) is 0 Å². The van der Waals surface area contributed by atoms with Crippen molar-refractivity contribution < 1.29 is 22.9 Å². The van der Waals surface area contributed by atoms with Crippen molar-refractivity contribution in [3.05, 3.63) is 81.4 Å². The molecule has 0 radical (unpaired) electrons. The standard InChI is InChI=1S/2C15H20P.Hf/c2*1-11(2)16(12(3)4)15-9-13-7-5-6-8-14(13)10-15;/h2*5-12H,1-4H3;. The van der Waals surface area contributed by atoms with E-state index in [1.807, 2.05) is 10.6 Å². The second-order valence-corrected chi connectivity index (χ2v) is 22.8. The molecule has 0 spiro atoms. The molecular formula is C30H40HfP2. The summed E-state index contributed by atoms with van der Waals surface area (Å²) in [6.45, 7) is 19.7. The van der Waals surface area contributed by atoms with Crippen LogP contribution in [0.25, 0.3) is 12.2 Å². The predicted molar refractivity (Wildman–Crippen MR) is 149 cm³/mol. The van der Waals surface area contributed by atoms with E-state index in [2.05, 4.69) is 116 Å². The summed E-state index contributed by atoms with van der Waals surface area (Å²) in [5.74, 6) is 0. The molecule has 2 aliphatic carbocycles. The average molecular weight is 641 g/mol. The molecule has 2 unspecified atom stereocenters. The van der Waals surface area contributed by atoms with Gasteiger partial charge in [-0.2, -0.15) is 0 Å². The van der Waals surface area contributed by atoms with Crippen LogP contribution in [0.3, 0.4) is 0 Å². The van der Waals surface area contributed by atoms with E-state index in [9.17, 15) is 0 Å². The van der Waals surface area contributed by atoms with Gasteiger partial charge in [0, 0.05) is 0 Å². The molecule has 0 fully saturated rings. The van der Waals surface area contributed by atoms with Gasteiger partial charge in [0.1, 0.15) is 0 Å². The molecule has 2 aromatic carbocycles. The monoisotopic (exact) mass is 642 g/mol. The molecule has 174 valence electrons. The van der Waals surface area contributed by atoms with Crippen molar-refractivity contribution in [3.63, 3.8) is 0 Å². The van der Waals surface area contributed by atoms with Crippen LogP contribution >= 0.6 is 15.8 Å². The van der Waals surface area contributed by atoms with Gasteiger partial charge >= 0.3 is 218 Å². The first kappa shape index (κ1) is 25.7. The molecule has 2 aliphatic rings. The first-order valence-corrected chi connectivity index (χ1v) is 19.7. The molecule has 0 N–H and O–H groups in total. The Morgan fingerprint density at radius 2 is 0.879 bits per heavy atom. The van der Waals surface area contributed by atoms with E-state index in [4.69, 9.17) is 0 Å². The maximum absolute atomic E-state index is 2.64. The van der Waals surface area contributed by atoms with Gasteiger partial charge in [0.05, 0.1) is 0 Å². The first-order valence-electron chi connectivity index (χ1n) is 12.6. The summed E-state index contributed by atoms with van der Waals surface area (Å²) in [5, 5.41) is 3.67. The van der Waals surface area contributed by atoms with Crippen LogP contribution in [0.1, 0.15) is 85.0 Å². The molecule has 0 aliphatic heterocycles. The van der Waals surface area contributed by atoms with Crippen LogP contribution < -0.4 is 0 Å². The number of fused-ring (bicyclic) bond motifs is 2. The molecule has 0 heterocycles. The Bertz CT molecular complexity index is 947. The van der Waals surface area contributed by atoms with Crippen LogP contribution in [-0.2, 0) is 22.9 Å². The summed E-state index contributed by atoms with van der Waals surface area (Å²) in [6.07, 6.45) is 5.27. The van der Waals surface area contributed by atoms with E-state index >= 15 is 0 Å². The molecule has 0 saturated carbocycles. The van der Waals surface area contributed by atoms with Crippen LogP contribution in [0, 0.1) is 0 Å². The van der Waals surface area contributed by atoms with Crippen molar-refractivity contribution in [2.75, 3.05) is 0 Å². The SMILES string of the molecule is CC(C)P(C1=Cc2ccccc2[CH]1[Hf][CH]1C(P(C(C)C)C(C)C)=Cc2ccccc21)C(C)C. The van der Waals surface area contributed by atoms with E-state index in [-0.39, 0.29) is 15.8 Å². The third-order valence-electron chi connectivity index (χ3n) is 6.97. The van der Waals surface area contributed by atoms with Gasteiger partial charge in [0.25, 0.3) is 0 Å². The normalized spacial score (nSPS) is 19.7. The van der Waals surface area contributed by atoms with Gasteiger partial charge in [-0.3, -0.25) is 0 Å². The van der Waals surface area contributed by atoms with Gasteiger partial charge in [0.2, 0.25) is 0 Å². The van der Waals surface area contributed by atoms with Gasteiger partial charge in [-0.1, -0.05) is 0 Å². The average Bonchev–Trinajstić information content (AvgIpc) is 3.26. The Balaban J connectivity index is 1.79. The Morgan fingerprint density at radius 1 is 0.545 bits per heavy atom. The zero-order chi connectivity index (χ0) is 23.9. The Hall–Kier alpha value is -0.350. The third-order valence-corrected chi connectivity index (χ3v) is 22.0. The number of rotatable bonds is 8. The minimum absolute atomic E-state index is 0.112. The predicted octanol–water partition coefficient (Wildman–Crippen LogP) is 9.86. The first-order chi connectivity index (χ1) is 15.7. The summed E-state index contributed by atoms with van der Waals surface area (Å²) < 4.78 is 1.49. The van der Waals surface area contributed by atoms with Gasteiger partial charge in [-0.25, -0.2) is 0 Å². The van der Waals surface area contributed by atoms with Crippen LogP contribution in [0.2, 0.25) is 0 Å². The summed E-state index contributed by atoms with van der Waals surface area (Å²) in [7, 11) is -0.224. The van der Waals surface area contributed by atoms with E-state index < -0.39 is 22.9 Å². The Morgan fingerprint density at radius 3 is 1.21 bits per heavy atom. The van der Waals surface area contributed by atoms with Crippen molar-refractivity contribution in [1.29, 1.82) is 0 Å². The molecule has 4 rings (SSSR count). The van der Waals surface area contributed by atoms with Gasteiger partial charge < -0.3 is 0 Å². The summed E-state index contributed by atoms with van der Waals surface area (Å²) >= 11 is -1.14. The molecule has 0 amide bonds. The zero-order valence-corrected chi connectivity index (χ0v) is 27.0. The fourth-order valence-electron chi connectivity index (χ4n) is 5.96. The van der Waals surface area contributed by atoms with Crippen molar-refractivity contribution in [3.8, 4) is 0 Å². The van der Waals surface area contributed by atoms with Crippen LogP contribution in [-0.4, -0.2) is 22.6 Å². The molecule has 0 nitrogen and oxygen atoms in total. The topological polar surface area (TPSA) is 0 Å². The van der Waals surface area contributed by atoms with E-state index in [0.29, 0.717) is 0 Å². The third kappa shape index (κ3) is 5.13. The molecule has 0 bridgehead atoms. The maximum atomic E-state index is 2.64. The minimum atomic E-state index is -1.14. The van der Waals surface area contributed by atoms with Crippen LogP contribution in [0.4, 0.5) is 0 Å². The fourth-order valence-corrected chi connectivity index (χ4v) is 22.8. The summed E-state index contributed by atoms with van der Waals surface area (Å²) in [5.41, 5.74) is 9.36. The van der Waals surface area contributed by atoms with Crippen LogP contribution in [0.5, 0.6) is 0 Å². The van der Waals surface area contributed by atoms with E-state index in [1.165, 1.54) is 11.1 Å². The zero-order valence-electron chi connectivity index (χ0n) is 21.6. The molecular weight excluding hydrogens is 601 g/mol. The number of allylic oxidation sites excluding steroid dienone is 2. The Labute approximate surface area is 216 Å². The van der Waals surface area contributed by atoms with Gasteiger partial charge in [-0.15, -0.1) is 0 Å². The molecule has 2 aromatic rings. The molecule has 0 aromatic heterocycles. The Kier molecular flexibility index (Phi) is 8.36. The van der Waals surface area contributed by atoms with Crippen LogP contribution in [0.15, 0.2) is 59.2 Å². The quantitative estimate of drug-likeness (QED) is 0.199. The molecule has 3 heteroatoms. The van der Waals surface area contributed by atoms with Gasteiger partial charge in [-0.05, 0) is 0 Å². The molecule has 2 atom stereocenters. The summed E-state index contributed by atoms with van der Waals surface area (Å²) in [6, 6.07) is 18.7. The van der Waals surface area contributed by atoms with Crippen molar-refractivity contribution in [2.45, 2.75) is 85.4 Å². The van der Waals surface area contributed by atoms with E-state index in [1.54, 1.807) is 11.1 Å².